The van der Waals surface area contributed by atoms with E-state index in [0.29, 0.717) is 12.1 Å². The van der Waals surface area contributed by atoms with Gasteiger partial charge >= 0.3 is 5.97 Å². The lowest BCUT2D eigenvalue weighted by atomic mass is 10.1. The van der Waals surface area contributed by atoms with Crippen LogP contribution in [0, 0.1) is 0 Å². The van der Waals surface area contributed by atoms with Crippen molar-refractivity contribution in [3.63, 3.8) is 0 Å². The van der Waals surface area contributed by atoms with Crippen molar-refractivity contribution in [2.24, 2.45) is 0 Å². The molecule has 5 nitrogen and oxygen atoms in total. The standard InChI is InChI=1S/C11H15NO4/c1-7(11(15)16)12(2)6-8-3-4-9(13)5-10(8)14/h3-5,7,13-14H,6H2,1-2H3,(H,15,16). The molecule has 88 valence electrons. The largest absolute Gasteiger partial charge is 0.508 e. The number of phenols is 2. The molecule has 0 fully saturated rings. The zero-order valence-electron chi connectivity index (χ0n) is 9.21. The number of phenolic OH excluding ortho intramolecular Hbond substituents is 2. The van der Waals surface area contributed by atoms with Gasteiger partial charge in [-0.15, -0.1) is 0 Å². The average molecular weight is 225 g/mol. The molecule has 1 atom stereocenters. The van der Waals surface area contributed by atoms with E-state index >= 15 is 0 Å². The maximum atomic E-state index is 10.7. The van der Waals surface area contributed by atoms with E-state index in [2.05, 4.69) is 0 Å². The number of likely N-dealkylation sites (N-methyl/N-ethyl adjacent to an activating group) is 1. The van der Waals surface area contributed by atoms with E-state index in [9.17, 15) is 9.90 Å². The van der Waals surface area contributed by atoms with Crippen molar-refractivity contribution in [1.82, 2.24) is 4.90 Å². The molecule has 0 heterocycles. The molecule has 1 rings (SSSR count). The first-order chi connectivity index (χ1) is 7.41. The van der Waals surface area contributed by atoms with Crippen molar-refractivity contribution in [2.45, 2.75) is 19.5 Å². The second-order valence-electron chi connectivity index (χ2n) is 3.74. The van der Waals surface area contributed by atoms with E-state index in [1.165, 1.54) is 12.1 Å². The Labute approximate surface area is 93.6 Å². The van der Waals surface area contributed by atoms with Crippen LogP contribution in [0.2, 0.25) is 0 Å². The van der Waals surface area contributed by atoms with Crippen LogP contribution in [0.5, 0.6) is 11.5 Å². The highest BCUT2D eigenvalue weighted by atomic mass is 16.4. The Hall–Kier alpha value is -1.75. The molecule has 1 aromatic rings. The summed E-state index contributed by atoms with van der Waals surface area (Å²) < 4.78 is 0. The van der Waals surface area contributed by atoms with Crippen molar-refractivity contribution in [3.05, 3.63) is 23.8 Å². The Bertz CT molecular complexity index is 392. The third kappa shape index (κ3) is 2.87. The molecular formula is C11H15NO4. The quantitative estimate of drug-likeness (QED) is 0.712. The van der Waals surface area contributed by atoms with Crippen LogP contribution in [0.4, 0.5) is 0 Å². The SMILES string of the molecule is CC(C(=O)O)N(C)Cc1ccc(O)cc1O. The molecule has 0 aliphatic heterocycles. The first-order valence-corrected chi connectivity index (χ1v) is 4.85. The molecule has 0 radical (unpaired) electrons. The summed E-state index contributed by atoms with van der Waals surface area (Å²) in [6.07, 6.45) is 0. The predicted molar refractivity (Wildman–Crippen MR) is 58.3 cm³/mol. The molecular weight excluding hydrogens is 210 g/mol. The fraction of sp³-hybridized carbons (Fsp3) is 0.364. The molecule has 0 aromatic heterocycles. The minimum Gasteiger partial charge on any atom is -0.508 e. The second kappa shape index (κ2) is 4.85. The van der Waals surface area contributed by atoms with Crippen molar-refractivity contribution in [3.8, 4) is 11.5 Å². The summed E-state index contributed by atoms with van der Waals surface area (Å²) in [6.45, 7) is 1.87. The number of rotatable bonds is 4. The number of carbonyl (C=O) groups is 1. The smallest absolute Gasteiger partial charge is 0.320 e. The maximum absolute atomic E-state index is 10.7. The van der Waals surface area contributed by atoms with Crippen LogP contribution in [0.15, 0.2) is 18.2 Å². The monoisotopic (exact) mass is 225 g/mol. The lowest BCUT2D eigenvalue weighted by Gasteiger charge is -2.21. The van der Waals surface area contributed by atoms with Gasteiger partial charge in [-0.05, 0) is 20.0 Å². The topological polar surface area (TPSA) is 81.0 Å². The summed E-state index contributed by atoms with van der Waals surface area (Å²) in [5.74, 6) is -0.972. The highest BCUT2D eigenvalue weighted by Crippen LogP contribution is 2.23. The van der Waals surface area contributed by atoms with Gasteiger partial charge in [-0.3, -0.25) is 9.69 Å². The molecule has 0 amide bonds. The van der Waals surface area contributed by atoms with Gasteiger partial charge in [0.25, 0.3) is 0 Å². The summed E-state index contributed by atoms with van der Waals surface area (Å²) >= 11 is 0. The van der Waals surface area contributed by atoms with E-state index in [0.717, 1.165) is 0 Å². The van der Waals surface area contributed by atoms with Crippen LogP contribution in [-0.4, -0.2) is 39.3 Å². The number of benzene rings is 1. The summed E-state index contributed by atoms with van der Waals surface area (Å²) in [4.78, 5) is 12.3. The summed E-state index contributed by atoms with van der Waals surface area (Å²) in [5.41, 5.74) is 0.577. The fourth-order valence-electron chi connectivity index (χ4n) is 1.28. The number of carboxylic acid groups (broad SMARTS) is 1. The van der Waals surface area contributed by atoms with Crippen LogP contribution in [0.25, 0.3) is 0 Å². The van der Waals surface area contributed by atoms with Crippen LogP contribution < -0.4 is 0 Å². The maximum Gasteiger partial charge on any atom is 0.320 e. The average Bonchev–Trinajstić information content (AvgIpc) is 2.20. The van der Waals surface area contributed by atoms with Crippen molar-refractivity contribution in [2.75, 3.05) is 7.05 Å². The van der Waals surface area contributed by atoms with Crippen LogP contribution >= 0.6 is 0 Å². The molecule has 0 spiro atoms. The van der Waals surface area contributed by atoms with Crippen molar-refractivity contribution < 1.29 is 20.1 Å². The van der Waals surface area contributed by atoms with Gasteiger partial charge in [0.05, 0.1) is 0 Å². The molecule has 3 N–H and O–H groups in total. The molecule has 0 saturated heterocycles. The Morgan fingerprint density at radius 3 is 2.56 bits per heavy atom. The Morgan fingerprint density at radius 1 is 1.44 bits per heavy atom. The van der Waals surface area contributed by atoms with Gasteiger partial charge in [0.1, 0.15) is 17.5 Å². The molecule has 0 bridgehead atoms. The lowest BCUT2D eigenvalue weighted by molar-refractivity contribution is -0.142. The highest BCUT2D eigenvalue weighted by molar-refractivity contribution is 5.72. The van der Waals surface area contributed by atoms with Crippen LogP contribution in [0.1, 0.15) is 12.5 Å². The van der Waals surface area contributed by atoms with Gasteiger partial charge < -0.3 is 15.3 Å². The first kappa shape index (κ1) is 12.3. The van der Waals surface area contributed by atoms with Crippen molar-refractivity contribution in [1.29, 1.82) is 0 Å². The van der Waals surface area contributed by atoms with Crippen molar-refractivity contribution >= 4 is 5.97 Å². The third-order valence-electron chi connectivity index (χ3n) is 2.51. The summed E-state index contributed by atoms with van der Waals surface area (Å²) in [7, 11) is 1.66. The van der Waals surface area contributed by atoms with Gasteiger partial charge in [0, 0.05) is 18.2 Å². The Morgan fingerprint density at radius 2 is 2.06 bits per heavy atom. The highest BCUT2D eigenvalue weighted by Gasteiger charge is 2.17. The number of nitrogens with zero attached hydrogens (tertiary/aromatic N) is 1. The van der Waals surface area contributed by atoms with E-state index in [1.54, 1.807) is 24.9 Å². The van der Waals surface area contributed by atoms with Crippen LogP contribution in [0.3, 0.4) is 0 Å². The van der Waals surface area contributed by atoms with Gasteiger partial charge in [0.15, 0.2) is 0 Å². The zero-order valence-corrected chi connectivity index (χ0v) is 9.21. The van der Waals surface area contributed by atoms with E-state index in [1.807, 2.05) is 0 Å². The number of hydrogen-bond donors (Lipinski definition) is 3. The Balaban J connectivity index is 2.77. The fourth-order valence-corrected chi connectivity index (χ4v) is 1.28. The normalized spacial score (nSPS) is 12.7. The number of aliphatic carboxylic acids is 1. The van der Waals surface area contributed by atoms with Gasteiger partial charge in [-0.1, -0.05) is 6.07 Å². The van der Waals surface area contributed by atoms with E-state index in [-0.39, 0.29) is 11.5 Å². The lowest BCUT2D eigenvalue weighted by Crippen LogP contribution is -2.35. The third-order valence-corrected chi connectivity index (χ3v) is 2.51. The Kier molecular flexibility index (Phi) is 3.73. The van der Waals surface area contributed by atoms with Gasteiger partial charge in [0.2, 0.25) is 0 Å². The van der Waals surface area contributed by atoms with E-state index < -0.39 is 12.0 Å². The van der Waals surface area contributed by atoms with E-state index in [4.69, 9.17) is 10.2 Å². The van der Waals surface area contributed by atoms with Gasteiger partial charge in [-0.25, -0.2) is 0 Å². The molecule has 1 unspecified atom stereocenters. The molecule has 1 aromatic carbocycles. The number of hydrogen-bond acceptors (Lipinski definition) is 4. The zero-order chi connectivity index (χ0) is 12.3. The molecule has 0 saturated carbocycles. The van der Waals surface area contributed by atoms with Gasteiger partial charge in [-0.2, -0.15) is 0 Å². The second-order valence-corrected chi connectivity index (χ2v) is 3.74. The molecule has 5 heteroatoms. The summed E-state index contributed by atoms with van der Waals surface area (Å²) in [5, 5.41) is 27.4. The molecule has 0 aliphatic rings. The number of aromatic hydroxyl groups is 2. The summed E-state index contributed by atoms with van der Waals surface area (Å²) in [6, 6.07) is 3.62. The molecule has 0 aliphatic carbocycles. The van der Waals surface area contributed by atoms with Crippen LogP contribution in [-0.2, 0) is 11.3 Å². The minimum atomic E-state index is -0.916. The molecule has 16 heavy (non-hydrogen) atoms. The predicted octanol–water partition coefficient (Wildman–Crippen LogP) is 1.00. The minimum absolute atomic E-state index is 0.0183. The first-order valence-electron chi connectivity index (χ1n) is 4.85. The number of carboxylic acids is 1.